The molecule has 2 aromatic carbocycles. The Hall–Kier alpha value is -1.87. The van der Waals surface area contributed by atoms with E-state index in [1.807, 2.05) is 18.2 Å². The summed E-state index contributed by atoms with van der Waals surface area (Å²) in [6, 6.07) is 15.0. The predicted octanol–water partition coefficient (Wildman–Crippen LogP) is 4.29. The zero-order valence-electron chi connectivity index (χ0n) is 12.8. The van der Waals surface area contributed by atoms with Crippen molar-refractivity contribution < 1.29 is 9.50 Å². The van der Waals surface area contributed by atoms with Gasteiger partial charge in [-0.25, -0.2) is 4.39 Å². The van der Waals surface area contributed by atoms with Crippen molar-refractivity contribution in [2.24, 2.45) is 0 Å². The molecule has 0 saturated heterocycles. The van der Waals surface area contributed by atoms with Crippen LogP contribution in [0.3, 0.4) is 0 Å². The number of anilines is 1. The van der Waals surface area contributed by atoms with Crippen LogP contribution in [0.25, 0.3) is 0 Å². The van der Waals surface area contributed by atoms with Crippen molar-refractivity contribution in [1.82, 2.24) is 0 Å². The van der Waals surface area contributed by atoms with Gasteiger partial charge in [-0.1, -0.05) is 30.3 Å². The lowest BCUT2D eigenvalue weighted by Gasteiger charge is -2.32. The van der Waals surface area contributed by atoms with Crippen LogP contribution >= 0.6 is 0 Å². The smallest absolute Gasteiger partial charge is 0.123 e. The van der Waals surface area contributed by atoms with Crippen molar-refractivity contribution >= 4 is 5.69 Å². The first-order valence-electron chi connectivity index (χ1n) is 7.27. The van der Waals surface area contributed by atoms with Gasteiger partial charge >= 0.3 is 0 Å². The molecule has 0 bridgehead atoms. The van der Waals surface area contributed by atoms with Gasteiger partial charge in [-0.15, -0.1) is 0 Å². The van der Waals surface area contributed by atoms with Gasteiger partial charge in [0.1, 0.15) is 5.82 Å². The van der Waals surface area contributed by atoms with Crippen LogP contribution in [-0.4, -0.2) is 11.1 Å². The first kappa shape index (κ1) is 15.5. The van der Waals surface area contributed by atoms with Crippen LogP contribution in [0.4, 0.5) is 10.1 Å². The van der Waals surface area contributed by atoms with Gasteiger partial charge in [-0.3, -0.25) is 0 Å². The molecule has 0 radical (unpaired) electrons. The van der Waals surface area contributed by atoms with E-state index in [9.17, 15) is 9.50 Å². The van der Waals surface area contributed by atoms with E-state index in [-0.39, 0.29) is 11.9 Å². The number of hydrogen-bond donors (Lipinski definition) is 1. The summed E-state index contributed by atoms with van der Waals surface area (Å²) in [6.45, 7) is 6.58. The normalized spacial score (nSPS) is 12.5. The summed E-state index contributed by atoms with van der Waals surface area (Å²) in [4.78, 5) is 2.18. The highest BCUT2D eigenvalue weighted by atomic mass is 19.1. The van der Waals surface area contributed by atoms with Crippen molar-refractivity contribution in [2.45, 2.75) is 39.5 Å². The summed E-state index contributed by atoms with van der Waals surface area (Å²) in [5.74, 6) is -0.321. The predicted molar refractivity (Wildman–Crippen MR) is 84.8 cm³/mol. The van der Waals surface area contributed by atoms with Gasteiger partial charge < -0.3 is 10.0 Å². The third kappa shape index (κ3) is 3.82. The summed E-state index contributed by atoms with van der Waals surface area (Å²) < 4.78 is 13.5. The van der Waals surface area contributed by atoms with Gasteiger partial charge in [-0.05, 0) is 44.5 Å². The molecule has 2 aromatic rings. The van der Waals surface area contributed by atoms with Crippen molar-refractivity contribution in [1.29, 1.82) is 0 Å². The van der Waals surface area contributed by atoms with Crippen LogP contribution in [0.15, 0.2) is 48.5 Å². The van der Waals surface area contributed by atoms with Crippen molar-refractivity contribution in [3.05, 3.63) is 65.5 Å². The van der Waals surface area contributed by atoms with E-state index in [0.29, 0.717) is 5.56 Å². The lowest BCUT2D eigenvalue weighted by molar-refractivity contribution is 0.199. The lowest BCUT2D eigenvalue weighted by Crippen LogP contribution is -2.31. The fraction of sp³-hybridized carbons (Fsp3) is 0.333. The molecule has 1 atom stereocenters. The molecule has 1 N–H and O–H groups in total. The van der Waals surface area contributed by atoms with E-state index in [1.54, 1.807) is 13.0 Å². The van der Waals surface area contributed by atoms with E-state index >= 15 is 0 Å². The summed E-state index contributed by atoms with van der Waals surface area (Å²) >= 11 is 0. The van der Waals surface area contributed by atoms with E-state index in [0.717, 1.165) is 12.2 Å². The zero-order chi connectivity index (χ0) is 15.4. The second-order valence-electron chi connectivity index (χ2n) is 5.59. The Morgan fingerprint density at radius 3 is 2.29 bits per heavy atom. The molecule has 0 heterocycles. The lowest BCUT2D eigenvalue weighted by atomic mass is 10.0. The van der Waals surface area contributed by atoms with Gasteiger partial charge in [-0.2, -0.15) is 0 Å². The largest absolute Gasteiger partial charge is 0.389 e. The Balaban J connectivity index is 2.39. The minimum atomic E-state index is -0.701. The van der Waals surface area contributed by atoms with Crippen molar-refractivity contribution in [3.63, 3.8) is 0 Å². The number of hydrogen-bond acceptors (Lipinski definition) is 2. The first-order chi connectivity index (χ1) is 9.99. The number of rotatable bonds is 5. The second kappa shape index (κ2) is 6.72. The molecule has 0 spiro atoms. The number of aliphatic hydroxyl groups is 1. The monoisotopic (exact) mass is 287 g/mol. The first-order valence-corrected chi connectivity index (χ1v) is 7.27. The van der Waals surface area contributed by atoms with E-state index in [2.05, 4.69) is 30.9 Å². The molecule has 2 rings (SSSR count). The SMILES string of the molecule is CC(C)N(Cc1ccccc1)c1ccc(F)cc1[C@H](C)O. The van der Waals surface area contributed by atoms with Crippen LogP contribution in [0.5, 0.6) is 0 Å². The van der Waals surface area contributed by atoms with E-state index in [4.69, 9.17) is 0 Å². The zero-order valence-corrected chi connectivity index (χ0v) is 12.8. The quantitative estimate of drug-likeness (QED) is 0.886. The molecule has 0 aliphatic carbocycles. The molecule has 0 aliphatic heterocycles. The standard InChI is InChI=1S/C18H22FNO/c1-13(2)20(12-15-7-5-4-6-8-15)18-10-9-16(19)11-17(18)14(3)21/h4-11,13-14,21H,12H2,1-3H3/t14-/m0/s1. The highest BCUT2D eigenvalue weighted by Gasteiger charge is 2.18. The topological polar surface area (TPSA) is 23.5 Å². The van der Waals surface area contributed by atoms with Crippen LogP contribution in [0.1, 0.15) is 38.0 Å². The molecule has 0 fully saturated rings. The summed E-state index contributed by atoms with van der Waals surface area (Å²) in [6.07, 6.45) is -0.701. The van der Waals surface area contributed by atoms with Gasteiger partial charge in [0.15, 0.2) is 0 Å². The Bertz CT molecular complexity index is 581. The molecular weight excluding hydrogens is 265 g/mol. The van der Waals surface area contributed by atoms with Crippen LogP contribution in [-0.2, 0) is 6.54 Å². The molecule has 2 nitrogen and oxygen atoms in total. The van der Waals surface area contributed by atoms with E-state index < -0.39 is 6.10 Å². The summed E-state index contributed by atoms with van der Waals surface area (Å²) in [5.41, 5.74) is 2.69. The van der Waals surface area contributed by atoms with Gasteiger partial charge in [0.25, 0.3) is 0 Å². The number of nitrogens with zero attached hydrogens (tertiary/aromatic N) is 1. The fourth-order valence-electron chi connectivity index (χ4n) is 2.45. The fourth-order valence-corrected chi connectivity index (χ4v) is 2.45. The van der Waals surface area contributed by atoms with Crippen molar-refractivity contribution in [3.8, 4) is 0 Å². The van der Waals surface area contributed by atoms with Gasteiger partial charge in [0.2, 0.25) is 0 Å². The van der Waals surface area contributed by atoms with E-state index in [1.165, 1.54) is 17.7 Å². The minimum Gasteiger partial charge on any atom is -0.389 e. The molecule has 0 aliphatic rings. The number of benzene rings is 2. The Kier molecular flexibility index (Phi) is 4.97. The minimum absolute atomic E-state index is 0.244. The van der Waals surface area contributed by atoms with Crippen LogP contribution < -0.4 is 4.90 Å². The van der Waals surface area contributed by atoms with Gasteiger partial charge in [0, 0.05) is 23.8 Å². The van der Waals surface area contributed by atoms with Crippen LogP contribution in [0, 0.1) is 5.82 Å². The number of halogens is 1. The highest BCUT2D eigenvalue weighted by Crippen LogP contribution is 2.30. The average molecular weight is 287 g/mol. The van der Waals surface area contributed by atoms with Crippen LogP contribution in [0.2, 0.25) is 0 Å². The van der Waals surface area contributed by atoms with Crippen molar-refractivity contribution in [2.75, 3.05) is 4.90 Å². The molecule has 0 saturated carbocycles. The molecule has 112 valence electrons. The third-order valence-corrected chi connectivity index (χ3v) is 3.57. The maximum atomic E-state index is 13.5. The maximum Gasteiger partial charge on any atom is 0.123 e. The number of aliphatic hydroxyl groups excluding tert-OH is 1. The molecule has 0 unspecified atom stereocenters. The molecule has 0 aromatic heterocycles. The second-order valence-corrected chi connectivity index (χ2v) is 5.59. The molecule has 3 heteroatoms. The molecular formula is C18H22FNO. The summed E-state index contributed by atoms with van der Waals surface area (Å²) in [5, 5.41) is 9.93. The Labute approximate surface area is 125 Å². The average Bonchev–Trinajstić information content (AvgIpc) is 2.46. The molecule has 21 heavy (non-hydrogen) atoms. The molecule has 0 amide bonds. The highest BCUT2D eigenvalue weighted by molar-refractivity contribution is 5.55. The third-order valence-electron chi connectivity index (χ3n) is 3.57. The van der Waals surface area contributed by atoms with Gasteiger partial charge in [0.05, 0.1) is 6.10 Å². The Morgan fingerprint density at radius 1 is 1.05 bits per heavy atom. The summed E-state index contributed by atoms with van der Waals surface area (Å²) in [7, 11) is 0. The maximum absolute atomic E-state index is 13.5. The Morgan fingerprint density at radius 2 is 1.71 bits per heavy atom.